The monoisotopic (exact) mass is 326 g/mol. The Kier molecular flexibility index (Phi) is 7.35. The molecule has 14 heavy (non-hydrogen) atoms. The van der Waals surface area contributed by atoms with E-state index in [9.17, 15) is 0 Å². The van der Waals surface area contributed by atoms with Crippen molar-refractivity contribution in [2.75, 3.05) is 26.2 Å². The highest BCUT2D eigenvalue weighted by atomic mass is 79.9. The number of quaternary nitrogens is 1. The highest BCUT2D eigenvalue weighted by Gasteiger charge is 2.23. The van der Waals surface area contributed by atoms with Gasteiger partial charge in [0, 0.05) is 4.48 Å². The van der Waals surface area contributed by atoms with Gasteiger partial charge >= 0.3 is 0 Å². The van der Waals surface area contributed by atoms with Gasteiger partial charge in [-0.2, -0.15) is 0 Å². The van der Waals surface area contributed by atoms with Crippen LogP contribution in [0.5, 0.6) is 0 Å². The minimum absolute atomic E-state index is 1.11. The smallest absolute Gasteiger partial charge is 0.112 e. The maximum Gasteiger partial charge on any atom is 0.112 e. The molecule has 0 unspecified atom stereocenters. The summed E-state index contributed by atoms with van der Waals surface area (Å²) in [5.41, 5.74) is 0. The minimum atomic E-state index is 1.11. The zero-order valence-corrected chi connectivity index (χ0v) is 12.9. The summed E-state index contributed by atoms with van der Waals surface area (Å²) in [5.74, 6) is 0. The lowest BCUT2D eigenvalue weighted by Gasteiger charge is -2.36. The lowest BCUT2D eigenvalue weighted by molar-refractivity contribution is -0.919. The van der Waals surface area contributed by atoms with Crippen LogP contribution < -0.4 is 0 Å². The summed E-state index contributed by atoms with van der Waals surface area (Å²) in [5, 5.41) is 0. The molecule has 0 spiro atoms. The largest absolute Gasteiger partial charge is 0.320 e. The van der Waals surface area contributed by atoms with Crippen molar-refractivity contribution in [3.63, 3.8) is 0 Å². The highest BCUT2D eigenvalue weighted by Crippen LogP contribution is 2.22. The summed E-state index contributed by atoms with van der Waals surface area (Å²) in [7, 11) is 0. The third-order valence-corrected chi connectivity index (χ3v) is 4.74. The van der Waals surface area contributed by atoms with Gasteiger partial charge < -0.3 is 4.48 Å². The topological polar surface area (TPSA) is 0 Å². The van der Waals surface area contributed by atoms with E-state index in [1.165, 1.54) is 39.5 Å². The van der Waals surface area contributed by atoms with Crippen LogP contribution in [0.1, 0.15) is 34.1 Å². The molecule has 0 rings (SSSR count). The van der Waals surface area contributed by atoms with Crippen LogP contribution in [-0.2, 0) is 0 Å². The summed E-state index contributed by atoms with van der Waals surface area (Å²) in [6.07, 6.45) is 1.25. The van der Waals surface area contributed by atoms with E-state index in [-0.39, 0.29) is 0 Å². The lowest BCUT2D eigenvalue weighted by atomic mass is 10.3. The second-order valence-corrected chi connectivity index (χ2v) is 5.94. The van der Waals surface area contributed by atoms with Crippen LogP contribution >= 0.6 is 31.9 Å². The van der Waals surface area contributed by atoms with Crippen molar-refractivity contribution in [3.8, 4) is 0 Å². The number of hydrogen-bond donors (Lipinski definition) is 0. The maximum atomic E-state index is 3.65. The third kappa shape index (κ3) is 4.45. The molecule has 1 nitrogen and oxygen atoms in total. The Morgan fingerprint density at radius 1 is 1.07 bits per heavy atom. The quantitative estimate of drug-likeness (QED) is 0.639. The summed E-state index contributed by atoms with van der Waals surface area (Å²) in [6, 6.07) is 0. The van der Waals surface area contributed by atoms with E-state index in [0.717, 1.165) is 6.54 Å². The van der Waals surface area contributed by atoms with E-state index < -0.39 is 0 Å². The first kappa shape index (κ1) is 14.7. The van der Waals surface area contributed by atoms with Crippen LogP contribution in [0.15, 0.2) is 8.96 Å². The molecular weight excluding hydrogens is 306 g/mol. The average molecular weight is 328 g/mol. The Hall–Kier alpha value is 0.660. The fourth-order valence-electron chi connectivity index (χ4n) is 1.72. The van der Waals surface area contributed by atoms with Gasteiger partial charge in [-0.05, 0) is 43.1 Å². The molecule has 0 radical (unpaired) electrons. The first-order valence-electron chi connectivity index (χ1n) is 5.37. The second kappa shape index (κ2) is 7.02. The molecule has 0 aliphatic heterocycles. The zero-order chi connectivity index (χ0) is 11.2. The van der Waals surface area contributed by atoms with E-state index >= 15 is 0 Å². The summed E-state index contributed by atoms with van der Waals surface area (Å²) in [4.78, 5) is 0. The molecule has 0 saturated heterocycles. The molecule has 0 N–H and O–H groups in total. The first-order valence-corrected chi connectivity index (χ1v) is 6.95. The number of likely N-dealkylation sites (N-methyl/N-ethyl adjacent to an activating group) is 1. The van der Waals surface area contributed by atoms with Crippen LogP contribution in [0.4, 0.5) is 0 Å². The minimum Gasteiger partial charge on any atom is -0.320 e. The molecule has 0 aromatic carbocycles. The van der Waals surface area contributed by atoms with Crippen LogP contribution in [0, 0.1) is 0 Å². The van der Waals surface area contributed by atoms with Crippen molar-refractivity contribution in [2.24, 2.45) is 0 Å². The van der Waals surface area contributed by atoms with E-state index in [4.69, 9.17) is 0 Å². The number of hydrogen-bond acceptors (Lipinski definition) is 0. The Labute approximate surface area is 105 Å². The lowest BCUT2D eigenvalue weighted by Crippen LogP contribution is -2.49. The van der Waals surface area contributed by atoms with Crippen molar-refractivity contribution >= 4 is 31.9 Å². The molecule has 0 saturated carbocycles. The molecule has 0 fully saturated rings. The third-order valence-electron chi connectivity index (χ3n) is 2.89. The molecule has 0 heterocycles. The Bertz CT molecular complexity index is 191. The summed E-state index contributed by atoms with van der Waals surface area (Å²) >= 11 is 7.17. The van der Waals surface area contributed by atoms with E-state index in [2.05, 4.69) is 59.6 Å². The Balaban J connectivity index is 4.58. The van der Waals surface area contributed by atoms with Crippen LogP contribution in [0.2, 0.25) is 0 Å². The fraction of sp³-hybridized carbons (Fsp3) is 0.818. The SMILES string of the molecule is CCC[N+](CC)(CC)C/C(Br)=C(/C)Br. The van der Waals surface area contributed by atoms with Crippen molar-refractivity contribution < 1.29 is 4.48 Å². The standard InChI is InChI=1S/C11H22Br2N/c1-5-8-14(6-2,7-3)9-11(13)10(4)12/h5-9H2,1-4H3/q+1/b11-10+. The van der Waals surface area contributed by atoms with Gasteiger partial charge in [0.2, 0.25) is 0 Å². The van der Waals surface area contributed by atoms with Crippen LogP contribution in [-0.4, -0.2) is 30.7 Å². The molecule has 0 aliphatic rings. The fourth-order valence-corrected chi connectivity index (χ4v) is 2.38. The molecule has 0 amide bonds. The van der Waals surface area contributed by atoms with E-state index in [1.807, 2.05) is 0 Å². The Morgan fingerprint density at radius 2 is 1.57 bits per heavy atom. The summed E-state index contributed by atoms with van der Waals surface area (Å²) in [6.45, 7) is 13.7. The number of halogens is 2. The molecule has 0 atom stereocenters. The van der Waals surface area contributed by atoms with E-state index in [1.54, 1.807) is 0 Å². The number of allylic oxidation sites excluding steroid dienone is 1. The average Bonchev–Trinajstić information content (AvgIpc) is 2.16. The number of nitrogens with zero attached hydrogens (tertiary/aromatic N) is 1. The molecule has 84 valence electrons. The van der Waals surface area contributed by atoms with Crippen molar-refractivity contribution in [1.82, 2.24) is 0 Å². The van der Waals surface area contributed by atoms with Crippen molar-refractivity contribution in [2.45, 2.75) is 34.1 Å². The first-order chi connectivity index (χ1) is 6.51. The van der Waals surface area contributed by atoms with Gasteiger partial charge in [-0.25, -0.2) is 0 Å². The summed E-state index contributed by atoms with van der Waals surface area (Å²) < 4.78 is 3.70. The molecule has 0 aromatic heterocycles. The molecule has 3 heteroatoms. The molecule has 0 aliphatic carbocycles. The molecule has 0 bridgehead atoms. The van der Waals surface area contributed by atoms with E-state index in [0.29, 0.717) is 0 Å². The van der Waals surface area contributed by atoms with Gasteiger partial charge in [0.05, 0.1) is 24.1 Å². The second-order valence-electron chi connectivity index (χ2n) is 3.79. The van der Waals surface area contributed by atoms with Gasteiger partial charge in [0.15, 0.2) is 0 Å². The normalized spacial score (nSPS) is 14.1. The van der Waals surface area contributed by atoms with Gasteiger partial charge in [-0.3, -0.25) is 0 Å². The van der Waals surface area contributed by atoms with Crippen LogP contribution in [0.3, 0.4) is 0 Å². The van der Waals surface area contributed by atoms with Gasteiger partial charge in [-0.15, -0.1) is 0 Å². The van der Waals surface area contributed by atoms with Crippen molar-refractivity contribution in [1.29, 1.82) is 0 Å². The van der Waals surface area contributed by atoms with Crippen LogP contribution in [0.25, 0.3) is 0 Å². The zero-order valence-electron chi connectivity index (χ0n) is 9.74. The maximum absolute atomic E-state index is 3.65. The molecule has 0 aromatic rings. The van der Waals surface area contributed by atoms with Crippen molar-refractivity contribution in [3.05, 3.63) is 8.96 Å². The predicted molar refractivity (Wildman–Crippen MR) is 71.9 cm³/mol. The van der Waals surface area contributed by atoms with Gasteiger partial charge in [0.1, 0.15) is 6.54 Å². The highest BCUT2D eigenvalue weighted by molar-refractivity contribution is 9.14. The number of rotatable bonds is 6. The van der Waals surface area contributed by atoms with Gasteiger partial charge in [-0.1, -0.05) is 22.9 Å². The predicted octanol–water partition coefficient (Wildman–Crippen LogP) is 4.27. The molecular formula is C11H22Br2N+. The van der Waals surface area contributed by atoms with Gasteiger partial charge in [0.25, 0.3) is 0 Å². The Morgan fingerprint density at radius 3 is 1.86 bits per heavy atom.